The van der Waals surface area contributed by atoms with Gasteiger partial charge in [0.05, 0.1) is 6.54 Å². The average Bonchev–Trinajstić information content (AvgIpc) is 3.04. The quantitative estimate of drug-likeness (QED) is 0.897. The number of carbonyl (C=O) groups is 1. The molecule has 0 saturated carbocycles. The normalized spacial score (nSPS) is 16.4. The largest absolute Gasteiger partial charge is 0.444 e. The molecule has 8 nitrogen and oxygen atoms in total. The van der Waals surface area contributed by atoms with Crippen LogP contribution in [0.4, 0.5) is 4.79 Å². The van der Waals surface area contributed by atoms with E-state index in [9.17, 15) is 4.79 Å². The Balaban J connectivity index is 1.46. The van der Waals surface area contributed by atoms with Crippen LogP contribution in [0.1, 0.15) is 39.5 Å². The van der Waals surface area contributed by atoms with Crippen molar-refractivity contribution in [2.45, 2.75) is 51.8 Å². The smallest absolute Gasteiger partial charge is 0.407 e. The minimum Gasteiger partial charge on any atom is -0.444 e. The monoisotopic (exact) mass is 359 g/mol. The van der Waals surface area contributed by atoms with Crippen molar-refractivity contribution in [1.29, 1.82) is 0 Å². The van der Waals surface area contributed by atoms with Gasteiger partial charge in [0.1, 0.15) is 5.60 Å². The van der Waals surface area contributed by atoms with Gasteiger partial charge in [-0.05, 0) is 45.7 Å². The van der Waals surface area contributed by atoms with E-state index in [1.165, 1.54) is 0 Å². The Morgan fingerprint density at radius 3 is 2.65 bits per heavy atom. The number of aromatic nitrogens is 3. The maximum Gasteiger partial charge on any atom is 0.407 e. The van der Waals surface area contributed by atoms with Crippen LogP contribution in [0, 0.1) is 0 Å². The predicted molar refractivity (Wildman–Crippen MR) is 95.2 cm³/mol. The van der Waals surface area contributed by atoms with E-state index in [-0.39, 0.29) is 12.1 Å². The van der Waals surface area contributed by atoms with E-state index in [1.54, 1.807) is 12.4 Å². The molecule has 26 heavy (non-hydrogen) atoms. The van der Waals surface area contributed by atoms with E-state index in [1.807, 2.05) is 32.9 Å². The molecule has 0 aliphatic carbocycles. The van der Waals surface area contributed by atoms with E-state index in [2.05, 4.69) is 25.3 Å². The highest BCUT2D eigenvalue weighted by Crippen LogP contribution is 2.17. The summed E-state index contributed by atoms with van der Waals surface area (Å²) in [5.41, 5.74) is 0.408. The Bertz CT molecular complexity index is 718. The van der Waals surface area contributed by atoms with Crippen LogP contribution < -0.4 is 5.32 Å². The summed E-state index contributed by atoms with van der Waals surface area (Å²) in [6.07, 6.45) is 4.78. The summed E-state index contributed by atoms with van der Waals surface area (Å²) in [5.74, 6) is 1.17. The van der Waals surface area contributed by atoms with Crippen molar-refractivity contribution >= 4 is 6.09 Å². The second-order valence-electron chi connectivity index (χ2n) is 7.44. The van der Waals surface area contributed by atoms with Crippen molar-refractivity contribution in [2.24, 2.45) is 0 Å². The number of piperidine rings is 1. The molecule has 1 fully saturated rings. The van der Waals surface area contributed by atoms with Gasteiger partial charge in [-0.3, -0.25) is 9.88 Å². The molecule has 2 aromatic heterocycles. The number of hydrogen-bond donors (Lipinski definition) is 1. The second kappa shape index (κ2) is 7.82. The highest BCUT2D eigenvalue weighted by molar-refractivity contribution is 5.68. The third-order valence-electron chi connectivity index (χ3n) is 4.07. The summed E-state index contributed by atoms with van der Waals surface area (Å²) in [4.78, 5) is 22.5. The number of carbonyl (C=O) groups excluding carboxylic acids is 1. The molecule has 1 amide bonds. The number of amides is 1. The predicted octanol–water partition coefficient (Wildman–Crippen LogP) is 2.62. The molecular weight excluding hydrogens is 334 g/mol. The molecule has 140 valence electrons. The number of hydrogen-bond acceptors (Lipinski definition) is 7. The van der Waals surface area contributed by atoms with Crippen molar-refractivity contribution < 1.29 is 14.1 Å². The fourth-order valence-electron chi connectivity index (χ4n) is 2.84. The highest BCUT2D eigenvalue weighted by atomic mass is 16.6. The lowest BCUT2D eigenvalue weighted by Crippen LogP contribution is -2.45. The lowest BCUT2D eigenvalue weighted by Gasteiger charge is -2.31. The molecule has 0 aromatic carbocycles. The molecule has 0 unspecified atom stereocenters. The first kappa shape index (κ1) is 18.3. The van der Waals surface area contributed by atoms with Crippen LogP contribution >= 0.6 is 0 Å². The zero-order valence-electron chi connectivity index (χ0n) is 15.4. The number of alkyl carbamates (subject to hydrolysis) is 1. The third kappa shape index (κ3) is 5.26. The molecule has 1 aliphatic rings. The maximum absolute atomic E-state index is 11.9. The Kier molecular flexibility index (Phi) is 5.51. The lowest BCUT2D eigenvalue weighted by atomic mass is 10.1. The van der Waals surface area contributed by atoms with E-state index in [4.69, 9.17) is 9.26 Å². The first-order valence-corrected chi connectivity index (χ1v) is 8.84. The Labute approximate surface area is 152 Å². The van der Waals surface area contributed by atoms with Crippen LogP contribution in [0.2, 0.25) is 0 Å². The standard InChI is InChI=1S/C18H25N5O3/c1-18(2,3)25-17(24)20-14-6-10-23(11-7-14)12-15-21-16(22-26-15)13-4-8-19-9-5-13/h4-5,8-9,14H,6-7,10-12H2,1-3H3,(H,20,24). The lowest BCUT2D eigenvalue weighted by molar-refractivity contribution is 0.0475. The van der Waals surface area contributed by atoms with Crippen LogP contribution in [-0.2, 0) is 11.3 Å². The molecule has 1 N–H and O–H groups in total. The Morgan fingerprint density at radius 1 is 1.31 bits per heavy atom. The van der Waals surface area contributed by atoms with Crippen molar-refractivity contribution in [3.63, 3.8) is 0 Å². The van der Waals surface area contributed by atoms with Gasteiger partial charge in [0.25, 0.3) is 0 Å². The van der Waals surface area contributed by atoms with Gasteiger partial charge in [-0.1, -0.05) is 5.16 Å². The number of pyridine rings is 1. The SMILES string of the molecule is CC(C)(C)OC(=O)NC1CCN(Cc2nc(-c3ccncc3)no2)CC1. The molecule has 0 spiro atoms. The first-order valence-electron chi connectivity index (χ1n) is 8.84. The van der Waals surface area contributed by atoms with Crippen LogP contribution in [0.5, 0.6) is 0 Å². The van der Waals surface area contributed by atoms with Gasteiger partial charge in [0.2, 0.25) is 11.7 Å². The summed E-state index contributed by atoms with van der Waals surface area (Å²) in [7, 11) is 0. The zero-order valence-corrected chi connectivity index (χ0v) is 15.4. The topological polar surface area (TPSA) is 93.4 Å². The van der Waals surface area contributed by atoms with Gasteiger partial charge < -0.3 is 14.6 Å². The molecule has 1 saturated heterocycles. The fourth-order valence-corrected chi connectivity index (χ4v) is 2.84. The fraction of sp³-hybridized carbons (Fsp3) is 0.556. The second-order valence-corrected chi connectivity index (χ2v) is 7.44. The average molecular weight is 359 g/mol. The van der Waals surface area contributed by atoms with Gasteiger partial charge in [-0.15, -0.1) is 0 Å². The van der Waals surface area contributed by atoms with Crippen molar-refractivity contribution in [3.8, 4) is 11.4 Å². The summed E-state index contributed by atoms with van der Waals surface area (Å²) in [5, 5.41) is 6.97. The molecule has 3 heterocycles. The summed E-state index contributed by atoms with van der Waals surface area (Å²) < 4.78 is 10.7. The highest BCUT2D eigenvalue weighted by Gasteiger charge is 2.24. The summed E-state index contributed by atoms with van der Waals surface area (Å²) >= 11 is 0. The molecule has 2 aromatic rings. The number of nitrogens with zero attached hydrogens (tertiary/aromatic N) is 4. The van der Waals surface area contributed by atoms with Gasteiger partial charge in [-0.2, -0.15) is 4.98 Å². The minimum absolute atomic E-state index is 0.135. The Hall–Kier alpha value is -2.48. The van der Waals surface area contributed by atoms with Gasteiger partial charge >= 0.3 is 6.09 Å². The van der Waals surface area contributed by atoms with Crippen LogP contribution in [0.3, 0.4) is 0 Å². The molecule has 0 radical (unpaired) electrons. The number of nitrogens with one attached hydrogen (secondary N) is 1. The van der Waals surface area contributed by atoms with Gasteiger partial charge in [-0.25, -0.2) is 4.79 Å². The summed E-state index contributed by atoms with van der Waals surface area (Å²) in [6.45, 7) is 7.90. The number of likely N-dealkylation sites (tertiary alicyclic amines) is 1. The first-order chi connectivity index (χ1) is 12.4. The van der Waals surface area contributed by atoms with Crippen LogP contribution in [-0.4, -0.2) is 50.9 Å². The van der Waals surface area contributed by atoms with Crippen molar-refractivity contribution in [1.82, 2.24) is 25.3 Å². The van der Waals surface area contributed by atoms with Gasteiger partial charge in [0, 0.05) is 37.1 Å². The van der Waals surface area contributed by atoms with Gasteiger partial charge in [0.15, 0.2) is 0 Å². The van der Waals surface area contributed by atoms with E-state index >= 15 is 0 Å². The van der Waals surface area contributed by atoms with Crippen molar-refractivity contribution in [3.05, 3.63) is 30.4 Å². The van der Waals surface area contributed by atoms with Crippen molar-refractivity contribution in [2.75, 3.05) is 13.1 Å². The number of rotatable bonds is 4. The van der Waals surface area contributed by atoms with E-state index in [0.29, 0.717) is 18.3 Å². The molecule has 3 rings (SSSR count). The summed E-state index contributed by atoms with van der Waals surface area (Å²) in [6, 6.07) is 3.83. The third-order valence-corrected chi connectivity index (χ3v) is 4.07. The molecular formula is C18H25N5O3. The molecule has 1 aliphatic heterocycles. The maximum atomic E-state index is 11.9. The van der Waals surface area contributed by atoms with E-state index < -0.39 is 5.60 Å². The molecule has 0 bridgehead atoms. The zero-order chi connectivity index (χ0) is 18.6. The minimum atomic E-state index is -0.477. The number of ether oxygens (including phenoxy) is 1. The molecule has 8 heteroatoms. The Morgan fingerprint density at radius 2 is 2.00 bits per heavy atom. The van der Waals surface area contributed by atoms with E-state index in [0.717, 1.165) is 31.5 Å². The van der Waals surface area contributed by atoms with Crippen LogP contribution in [0.25, 0.3) is 11.4 Å². The molecule has 0 atom stereocenters. The van der Waals surface area contributed by atoms with Crippen LogP contribution in [0.15, 0.2) is 29.0 Å².